The normalized spacial score (nSPS) is 15.5. The molecule has 2 aromatic carbocycles. The molecular weight excluding hydrogens is 416 g/mol. The first-order valence-corrected chi connectivity index (χ1v) is 10.0. The van der Waals surface area contributed by atoms with Crippen LogP contribution < -0.4 is 15.4 Å². The zero-order valence-corrected chi connectivity index (χ0v) is 17.6. The fraction of sp³-hybridized carbons (Fsp3) is 0.136. The summed E-state index contributed by atoms with van der Waals surface area (Å²) in [5.74, 6) is 1.11. The summed E-state index contributed by atoms with van der Waals surface area (Å²) in [6.45, 7) is 1.90. The predicted molar refractivity (Wildman–Crippen MR) is 118 cm³/mol. The number of aromatic amines is 1. The van der Waals surface area contributed by atoms with Crippen LogP contribution in [0, 0.1) is 0 Å². The standard InChI is InChI=1S/C22H19ClN6O2/c1-12-19(28-21(30)13-3-5-14(23)6-4-13)20(29-22(27-12)25-11-26-29)17-10-24-18-8-7-15(31-2)9-16(17)18/h3-11,20,24H,1-2H3,(H,28,30)(H,25,26,27)/t20-/m1/s1. The lowest BCUT2D eigenvalue weighted by atomic mass is 9.99. The lowest BCUT2D eigenvalue weighted by Crippen LogP contribution is -2.35. The minimum absolute atomic E-state index is 0.237. The Bertz CT molecular complexity index is 1320. The summed E-state index contributed by atoms with van der Waals surface area (Å²) < 4.78 is 7.17. The quantitative estimate of drug-likeness (QED) is 0.449. The Balaban J connectivity index is 1.61. The van der Waals surface area contributed by atoms with Crippen LogP contribution in [0.2, 0.25) is 5.02 Å². The fourth-order valence-corrected chi connectivity index (χ4v) is 3.94. The average Bonchev–Trinajstić information content (AvgIpc) is 3.41. The van der Waals surface area contributed by atoms with Crippen LogP contribution >= 0.6 is 11.6 Å². The number of carbonyl (C=O) groups is 1. The van der Waals surface area contributed by atoms with Gasteiger partial charge in [0.1, 0.15) is 18.1 Å². The van der Waals surface area contributed by atoms with Gasteiger partial charge in [0.05, 0.1) is 12.8 Å². The number of rotatable bonds is 4. The molecule has 3 N–H and O–H groups in total. The minimum Gasteiger partial charge on any atom is -0.497 e. The van der Waals surface area contributed by atoms with Crippen LogP contribution in [0.5, 0.6) is 5.75 Å². The van der Waals surface area contributed by atoms with Crippen molar-refractivity contribution in [1.82, 2.24) is 25.1 Å². The summed E-state index contributed by atoms with van der Waals surface area (Å²) in [5.41, 5.74) is 3.87. The number of halogens is 1. The second-order valence-corrected chi connectivity index (χ2v) is 7.65. The van der Waals surface area contributed by atoms with E-state index in [2.05, 4.69) is 25.7 Å². The summed E-state index contributed by atoms with van der Waals surface area (Å²) >= 11 is 5.96. The van der Waals surface area contributed by atoms with Gasteiger partial charge in [-0.2, -0.15) is 10.1 Å². The van der Waals surface area contributed by atoms with Crippen molar-refractivity contribution in [1.29, 1.82) is 0 Å². The Hall–Kier alpha value is -3.78. The van der Waals surface area contributed by atoms with Gasteiger partial charge in [0.25, 0.3) is 5.91 Å². The molecule has 3 heterocycles. The number of nitrogens with one attached hydrogen (secondary N) is 3. The van der Waals surface area contributed by atoms with Gasteiger partial charge in [-0.1, -0.05) is 11.6 Å². The van der Waals surface area contributed by atoms with Gasteiger partial charge in [-0.15, -0.1) is 0 Å². The van der Waals surface area contributed by atoms with E-state index in [1.54, 1.807) is 36.1 Å². The minimum atomic E-state index is -0.393. The van der Waals surface area contributed by atoms with Crippen molar-refractivity contribution in [3.05, 3.63) is 82.5 Å². The Labute approximate surface area is 182 Å². The third-order valence-corrected chi connectivity index (χ3v) is 5.62. The van der Waals surface area contributed by atoms with E-state index in [4.69, 9.17) is 16.3 Å². The van der Waals surface area contributed by atoms with E-state index < -0.39 is 6.04 Å². The van der Waals surface area contributed by atoms with Crippen molar-refractivity contribution in [3.8, 4) is 5.75 Å². The molecule has 1 aliphatic rings. The number of allylic oxidation sites excluding steroid dienone is 2. The molecule has 1 aliphatic heterocycles. The van der Waals surface area contributed by atoms with Crippen molar-refractivity contribution in [2.24, 2.45) is 0 Å². The van der Waals surface area contributed by atoms with E-state index >= 15 is 0 Å². The van der Waals surface area contributed by atoms with Crippen LogP contribution in [-0.2, 0) is 0 Å². The van der Waals surface area contributed by atoms with Crippen molar-refractivity contribution in [2.45, 2.75) is 13.0 Å². The van der Waals surface area contributed by atoms with E-state index in [0.717, 1.165) is 27.9 Å². The lowest BCUT2D eigenvalue weighted by Gasteiger charge is -2.29. The smallest absolute Gasteiger partial charge is 0.255 e. The van der Waals surface area contributed by atoms with E-state index in [0.29, 0.717) is 22.2 Å². The predicted octanol–water partition coefficient (Wildman–Crippen LogP) is 4.10. The van der Waals surface area contributed by atoms with Gasteiger partial charge in [0.2, 0.25) is 5.95 Å². The van der Waals surface area contributed by atoms with Crippen molar-refractivity contribution >= 4 is 34.4 Å². The second-order valence-electron chi connectivity index (χ2n) is 7.21. The van der Waals surface area contributed by atoms with Gasteiger partial charge in [-0.25, -0.2) is 4.68 Å². The molecule has 156 valence electrons. The number of hydrogen-bond donors (Lipinski definition) is 3. The van der Waals surface area contributed by atoms with Crippen LogP contribution in [-0.4, -0.2) is 32.8 Å². The van der Waals surface area contributed by atoms with Gasteiger partial charge < -0.3 is 20.4 Å². The van der Waals surface area contributed by atoms with Crippen molar-refractivity contribution in [2.75, 3.05) is 12.4 Å². The van der Waals surface area contributed by atoms with E-state index in [-0.39, 0.29) is 5.91 Å². The molecule has 0 spiro atoms. The van der Waals surface area contributed by atoms with Crippen molar-refractivity contribution < 1.29 is 9.53 Å². The molecule has 0 radical (unpaired) electrons. The fourth-order valence-electron chi connectivity index (χ4n) is 3.81. The van der Waals surface area contributed by atoms with Gasteiger partial charge in [-0.3, -0.25) is 4.79 Å². The summed E-state index contributed by atoms with van der Waals surface area (Å²) in [4.78, 5) is 20.6. The third kappa shape index (κ3) is 3.30. The number of methoxy groups -OCH3 is 1. The van der Waals surface area contributed by atoms with E-state index in [9.17, 15) is 4.79 Å². The monoisotopic (exact) mass is 434 g/mol. The number of H-pyrrole nitrogens is 1. The highest BCUT2D eigenvalue weighted by molar-refractivity contribution is 6.30. The van der Waals surface area contributed by atoms with E-state index in [1.165, 1.54) is 6.33 Å². The Morgan fingerprint density at radius 2 is 2.03 bits per heavy atom. The maximum absolute atomic E-state index is 13.0. The summed E-state index contributed by atoms with van der Waals surface area (Å²) in [6, 6.07) is 12.2. The second kappa shape index (κ2) is 7.48. The highest BCUT2D eigenvalue weighted by atomic mass is 35.5. The molecule has 1 amide bonds. The molecule has 31 heavy (non-hydrogen) atoms. The number of aromatic nitrogens is 4. The number of fused-ring (bicyclic) bond motifs is 2. The number of ether oxygens (including phenoxy) is 1. The molecule has 5 rings (SSSR count). The molecule has 0 saturated carbocycles. The molecule has 8 nitrogen and oxygen atoms in total. The lowest BCUT2D eigenvalue weighted by molar-refractivity contribution is 0.0961. The zero-order valence-electron chi connectivity index (χ0n) is 16.8. The maximum Gasteiger partial charge on any atom is 0.255 e. The molecule has 1 atom stereocenters. The number of nitrogens with zero attached hydrogens (tertiary/aromatic N) is 3. The van der Waals surface area contributed by atoms with Crippen molar-refractivity contribution in [3.63, 3.8) is 0 Å². The molecule has 0 unspecified atom stereocenters. The van der Waals surface area contributed by atoms with Gasteiger partial charge in [-0.05, 0) is 49.4 Å². The van der Waals surface area contributed by atoms with Crippen LogP contribution in [0.15, 0.2) is 66.4 Å². The van der Waals surface area contributed by atoms with Crippen LogP contribution in [0.3, 0.4) is 0 Å². The first kappa shape index (κ1) is 19.2. The first-order chi connectivity index (χ1) is 15.0. The summed E-state index contributed by atoms with van der Waals surface area (Å²) in [6.07, 6.45) is 3.41. The maximum atomic E-state index is 13.0. The zero-order chi connectivity index (χ0) is 21.5. The molecule has 0 bridgehead atoms. The molecular formula is C22H19ClN6O2. The Morgan fingerprint density at radius 3 is 2.81 bits per heavy atom. The number of benzene rings is 2. The third-order valence-electron chi connectivity index (χ3n) is 5.36. The number of amides is 1. The molecule has 4 aromatic rings. The highest BCUT2D eigenvalue weighted by Crippen LogP contribution is 2.37. The van der Waals surface area contributed by atoms with Crippen LogP contribution in [0.4, 0.5) is 5.95 Å². The topological polar surface area (TPSA) is 96.9 Å². The Kier molecular flexibility index (Phi) is 4.63. The van der Waals surface area contributed by atoms with E-state index in [1.807, 2.05) is 31.3 Å². The van der Waals surface area contributed by atoms with Gasteiger partial charge in [0.15, 0.2) is 0 Å². The molecule has 9 heteroatoms. The Morgan fingerprint density at radius 1 is 1.23 bits per heavy atom. The average molecular weight is 435 g/mol. The van der Waals surface area contributed by atoms with Crippen LogP contribution in [0.1, 0.15) is 28.9 Å². The number of carbonyl (C=O) groups excluding carboxylic acids is 1. The largest absolute Gasteiger partial charge is 0.497 e. The SMILES string of the molecule is COc1ccc2[nH]cc([C@@H]3C(NC(=O)c4ccc(Cl)cc4)=C(C)Nc4ncnn43)c2c1. The molecule has 0 fully saturated rings. The number of anilines is 1. The number of hydrogen-bond acceptors (Lipinski definition) is 5. The van der Waals surface area contributed by atoms with Crippen LogP contribution in [0.25, 0.3) is 10.9 Å². The van der Waals surface area contributed by atoms with Gasteiger partial charge >= 0.3 is 0 Å². The first-order valence-electron chi connectivity index (χ1n) is 9.64. The molecule has 2 aromatic heterocycles. The molecule has 0 saturated heterocycles. The highest BCUT2D eigenvalue weighted by Gasteiger charge is 2.32. The summed E-state index contributed by atoms with van der Waals surface area (Å²) in [5, 5.41) is 12.2. The van der Waals surface area contributed by atoms with Gasteiger partial charge in [0, 0.05) is 38.9 Å². The molecule has 0 aliphatic carbocycles. The summed E-state index contributed by atoms with van der Waals surface area (Å²) in [7, 11) is 1.63.